The van der Waals surface area contributed by atoms with Crippen molar-refractivity contribution in [2.45, 2.75) is 18.7 Å². The van der Waals surface area contributed by atoms with Crippen LogP contribution in [0.3, 0.4) is 0 Å². The topological polar surface area (TPSA) is 85.1 Å². The van der Waals surface area contributed by atoms with Crippen molar-refractivity contribution in [3.05, 3.63) is 46.5 Å². The Morgan fingerprint density at radius 1 is 1.05 bits per heavy atom. The van der Waals surface area contributed by atoms with Gasteiger partial charge in [0.05, 0.1) is 10.7 Å². The number of sulfonamides is 1. The van der Waals surface area contributed by atoms with Gasteiger partial charge in [-0.25, -0.2) is 13.0 Å². The molecule has 0 radical (unpaired) electrons. The normalized spacial score (nSPS) is 11.8. The highest BCUT2D eigenvalue weighted by atomic mass is 35.5. The van der Waals surface area contributed by atoms with E-state index in [1.165, 1.54) is 12.1 Å². The molecule has 8 heteroatoms. The lowest BCUT2D eigenvalue weighted by Gasteiger charge is -2.13. The lowest BCUT2D eigenvalue weighted by atomic mass is 10.1. The molecule has 3 rings (SSSR count). The summed E-state index contributed by atoms with van der Waals surface area (Å²) in [6.45, 7) is 3.67. The van der Waals surface area contributed by atoms with Gasteiger partial charge in [0.2, 0.25) is 0 Å². The molecular weight excluding hydrogens is 326 g/mol. The molecule has 0 amide bonds. The second-order valence-corrected chi connectivity index (χ2v) is 6.94. The Balaban J connectivity index is 2.13. The Bertz CT molecular complexity index is 946. The van der Waals surface area contributed by atoms with Crippen LogP contribution in [-0.2, 0) is 10.0 Å². The lowest BCUT2D eigenvalue weighted by Crippen LogP contribution is -2.15. The first-order valence-electron chi connectivity index (χ1n) is 6.40. The molecule has 0 aliphatic carbocycles. The number of para-hydroxylation sites is 1. The van der Waals surface area contributed by atoms with E-state index in [0.717, 1.165) is 11.1 Å². The molecule has 0 saturated carbocycles. The summed E-state index contributed by atoms with van der Waals surface area (Å²) < 4.78 is 32.5. The Hall–Kier alpha value is -2.12. The predicted octanol–water partition coefficient (Wildman–Crippen LogP) is 3.29. The minimum absolute atomic E-state index is 0.0317. The average Bonchev–Trinajstić information content (AvgIpc) is 2.93. The van der Waals surface area contributed by atoms with Crippen LogP contribution in [0, 0.1) is 13.8 Å². The fourth-order valence-electron chi connectivity index (χ4n) is 2.20. The van der Waals surface area contributed by atoms with Crippen LogP contribution in [0.5, 0.6) is 0 Å². The van der Waals surface area contributed by atoms with E-state index in [0.29, 0.717) is 5.69 Å². The van der Waals surface area contributed by atoms with Crippen molar-refractivity contribution in [1.82, 2.24) is 10.3 Å². The predicted molar refractivity (Wildman–Crippen MR) is 83.5 cm³/mol. The minimum Gasteiger partial charge on any atom is -0.279 e. The number of nitrogens with one attached hydrogen (secondary N) is 1. The number of aryl methyl sites for hydroxylation is 2. The van der Waals surface area contributed by atoms with E-state index in [-0.39, 0.29) is 21.0 Å². The van der Waals surface area contributed by atoms with Crippen LogP contribution in [0.15, 0.2) is 39.9 Å². The second kappa shape index (κ2) is 5.26. The number of benzene rings is 2. The molecule has 1 heterocycles. The highest BCUT2D eigenvalue weighted by Crippen LogP contribution is 2.29. The molecule has 6 nitrogen and oxygen atoms in total. The summed E-state index contributed by atoms with van der Waals surface area (Å²) in [5, 5.41) is 7.55. The maximum Gasteiger partial charge on any atom is 0.264 e. The smallest absolute Gasteiger partial charge is 0.264 e. The fraction of sp³-hybridized carbons (Fsp3) is 0.143. The summed E-state index contributed by atoms with van der Waals surface area (Å²) in [6.07, 6.45) is 0. The van der Waals surface area contributed by atoms with Crippen LogP contribution in [0.1, 0.15) is 11.1 Å². The molecule has 0 saturated heterocycles. The summed E-state index contributed by atoms with van der Waals surface area (Å²) in [5.41, 5.74) is 2.51. The van der Waals surface area contributed by atoms with Crippen molar-refractivity contribution in [2.75, 3.05) is 4.72 Å². The molecule has 114 valence electrons. The summed E-state index contributed by atoms with van der Waals surface area (Å²) in [6, 6.07) is 8.36. The van der Waals surface area contributed by atoms with Gasteiger partial charge in [-0.1, -0.05) is 29.8 Å². The fourth-order valence-corrected chi connectivity index (χ4v) is 3.72. The standard InChI is InChI=1S/C14H12ClN3O3S/c1-8-4-3-5-9(2)12(8)18-22(19,20)11-7-6-10(15)13-14(11)17-21-16-13/h3-7,18H,1-2H3. The monoisotopic (exact) mass is 337 g/mol. The van der Waals surface area contributed by atoms with Crippen LogP contribution in [0.4, 0.5) is 5.69 Å². The Morgan fingerprint density at radius 2 is 1.68 bits per heavy atom. The molecule has 2 aromatic carbocycles. The number of halogens is 1. The minimum atomic E-state index is -3.84. The molecule has 1 N–H and O–H groups in total. The second-order valence-electron chi connectivity index (χ2n) is 4.88. The molecule has 22 heavy (non-hydrogen) atoms. The summed E-state index contributed by atoms with van der Waals surface area (Å²) >= 11 is 5.95. The van der Waals surface area contributed by atoms with Crippen LogP contribution >= 0.6 is 11.6 Å². The molecule has 0 unspecified atom stereocenters. The van der Waals surface area contributed by atoms with E-state index >= 15 is 0 Å². The molecule has 0 aliphatic heterocycles. The third kappa shape index (κ3) is 2.42. The third-order valence-corrected chi connectivity index (χ3v) is 5.02. The molecule has 0 fully saturated rings. The van der Waals surface area contributed by atoms with Gasteiger partial charge in [0.15, 0.2) is 11.0 Å². The van der Waals surface area contributed by atoms with Crippen molar-refractivity contribution in [1.29, 1.82) is 0 Å². The van der Waals surface area contributed by atoms with E-state index in [4.69, 9.17) is 11.6 Å². The Kier molecular flexibility index (Phi) is 3.54. The number of fused-ring (bicyclic) bond motifs is 1. The van der Waals surface area contributed by atoms with Gasteiger partial charge < -0.3 is 0 Å². The van der Waals surface area contributed by atoms with Crippen molar-refractivity contribution in [3.63, 3.8) is 0 Å². The van der Waals surface area contributed by atoms with Crippen molar-refractivity contribution < 1.29 is 13.0 Å². The summed E-state index contributed by atoms with van der Waals surface area (Å²) in [5.74, 6) is 0. The van der Waals surface area contributed by atoms with Crippen LogP contribution in [0.25, 0.3) is 11.0 Å². The average molecular weight is 338 g/mol. The van der Waals surface area contributed by atoms with Gasteiger partial charge in [-0.2, -0.15) is 0 Å². The van der Waals surface area contributed by atoms with E-state index in [1.54, 1.807) is 0 Å². The lowest BCUT2D eigenvalue weighted by molar-refractivity contribution is 0.315. The zero-order valence-electron chi connectivity index (χ0n) is 11.8. The van der Waals surface area contributed by atoms with E-state index < -0.39 is 10.0 Å². The molecule has 1 aromatic heterocycles. The highest BCUT2D eigenvalue weighted by molar-refractivity contribution is 7.93. The summed E-state index contributed by atoms with van der Waals surface area (Å²) in [4.78, 5) is -0.0317. The van der Waals surface area contributed by atoms with Crippen molar-refractivity contribution in [3.8, 4) is 0 Å². The van der Waals surface area contributed by atoms with E-state index in [9.17, 15) is 8.42 Å². The number of anilines is 1. The summed E-state index contributed by atoms with van der Waals surface area (Å²) in [7, 11) is -3.84. The Labute approximate surface area is 132 Å². The number of rotatable bonds is 3. The Morgan fingerprint density at radius 3 is 2.36 bits per heavy atom. The van der Waals surface area contributed by atoms with Gasteiger partial charge in [-0.3, -0.25) is 4.72 Å². The molecule has 0 spiro atoms. The van der Waals surface area contributed by atoms with Gasteiger partial charge in [0.25, 0.3) is 10.0 Å². The van der Waals surface area contributed by atoms with Crippen molar-refractivity contribution >= 4 is 38.3 Å². The maximum atomic E-state index is 12.7. The van der Waals surface area contributed by atoms with Crippen LogP contribution in [-0.4, -0.2) is 18.7 Å². The van der Waals surface area contributed by atoms with E-state index in [2.05, 4.69) is 19.7 Å². The number of aromatic nitrogens is 2. The first-order valence-corrected chi connectivity index (χ1v) is 8.26. The van der Waals surface area contributed by atoms with Gasteiger partial charge in [0, 0.05) is 0 Å². The first-order chi connectivity index (χ1) is 10.4. The highest BCUT2D eigenvalue weighted by Gasteiger charge is 2.23. The van der Waals surface area contributed by atoms with Crippen LogP contribution < -0.4 is 4.72 Å². The van der Waals surface area contributed by atoms with Crippen LogP contribution in [0.2, 0.25) is 5.02 Å². The van der Waals surface area contributed by atoms with Gasteiger partial charge in [-0.15, -0.1) is 0 Å². The third-order valence-electron chi connectivity index (χ3n) is 3.34. The molecular formula is C14H12ClN3O3S. The quantitative estimate of drug-likeness (QED) is 0.792. The first kappa shape index (κ1) is 14.8. The van der Waals surface area contributed by atoms with Gasteiger partial charge in [0.1, 0.15) is 4.90 Å². The molecule has 0 atom stereocenters. The molecule has 0 aliphatic rings. The van der Waals surface area contributed by atoms with Crippen molar-refractivity contribution in [2.24, 2.45) is 0 Å². The SMILES string of the molecule is Cc1cccc(C)c1NS(=O)(=O)c1ccc(Cl)c2nonc12. The maximum absolute atomic E-state index is 12.7. The molecule has 3 aromatic rings. The van der Waals surface area contributed by atoms with E-state index in [1.807, 2.05) is 32.0 Å². The number of hydrogen-bond donors (Lipinski definition) is 1. The largest absolute Gasteiger partial charge is 0.279 e. The van der Waals surface area contributed by atoms with Gasteiger partial charge >= 0.3 is 0 Å². The van der Waals surface area contributed by atoms with Gasteiger partial charge in [-0.05, 0) is 47.4 Å². The zero-order valence-corrected chi connectivity index (χ0v) is 13.4. The number of hydrogen-bond acceptors (Lipinski definition) is 5. The zero-order chi connectivity index (χ0) is 15.9. The molecule has 0 bridgehead atoms. The number of nitrogens with zero attached hydrogens (tertiary/aromatic N) is 2.